The van der Waals surface area contributed by atoms with E-state index < -0.39 is 0 Å². The average molecular weight is 245 g/mol. The first-order valence-electron chi connectivity index (χ1n) is 4.06. The zero-order chi connectivity index (χ0) is 9.84. The van der Waals surface area contributed by atoms with Gasteiger partial charge < -0.3 is 16.2 Å². The van der Waals surface area contributed by atoms with Gasteiger partial charge in [0, 0.05) is 10.5 Å². The van der Waals surface area contributed by atoms with E-state index in [9.17, 15) is 0 Å². The summed E-state index contributed by atoms with van der Waals surface area (Å²) < 4.78 is 0.951. The smallest absolute Gasteiger partial charge is 0.0630 e. The lowest BCUT2D eigenvalue weighted by atomic mass is 10.2. The number of aliphatic hydroxyl groups is 1. The van der Waals surface area contributed by atoms with Crippen molar-refractivity contribution in [3.05, 3.63) is 22.7 Å². The number of nitrogens with two attached hydrogens (primary N) is 1. The maximum absolute atomic E-state index is 8.83. The van der Waals surface area contributed by atoms with E-state index in [0.717, 1.165) is 10.2 Å². The topological polar surface area (TPSA) is 58.3 Å². The molecule has 4 heteroatoms. The Hall–Kier alpha value is -0.740. The van der Waals surface area contributed by atoms with Gasteiger partial charge in [-0.1, -0.05) is 15.9 Å². The van der Waals surface area contributed by atoms with Crippen molar-refractivity contribution in [1.82, 2.24) is 0 Å². The molecule has 0 saturated heterocycles. The van der Waals surface area contributed by atoms with Crippen LogP contribution in [0.15, 0.2) is 22.7 Å². The van der Waals surface area contributed by atoms with E-state index in [2.05, 4.69) is 21.2 Å². The Bertz CT molecular complexity index is 291. The first-order valence-corrected chi connectivity index (χ1v) is 4.85. The highest BCUT2D eigenvalue weighted by Gasteiger charge is 2.02. The molecule has 0 unspecified atom stereocenters. The first kappa shape index (κ1) is 10.3. The van der Waals surface area contributed by atoms with Gasteiger partial charge in [0.15, 0.2) is 0 Å². The van der Waals surface area contributed by atoms with Crippen LogP contribution in [0.3, 0.4) is 0 Å². The summed E-state index contributed by atoms with van der Waals surface area (Å²) in [5.74, 6) is 0. The highest BCUT2D eigenvalue weighted by molar-refractivity contribution is 9.10. The van der Waals surface area contributed by atoms with E-state index in [1.54, 1.807) is 0 Å². The quantitative estimate of drug-likeness (QED) is 0.712. The van der Waals surface area contributed by atoms with Crippen LogP contribution in [0.2, 0.25) is 0 Å². The molecule has 13 heavy (non-hydrogen) atoms. The minimum absolute atomic E-state index is 0.0171. The molecule has 0 bridgehead atoms. The SMILES string of the molecule is C[C@@H](CO)Nc1ccc(Br)cc1N. The van der Waals surface area contributed by atoms with Gasteiger partial charge in [-0.15, -0.1) is 0 Å². The van der Waals surface area contributed by atoms with Gasteiger partial charge in [0.25, 0.3) is 0 Å². The molecule has 1 rings (SSSR count). The molecule has 0 fully saturated rings. The maximum atomic E-state index is 8.83. The molecule has 1 aromatic rings. The summed E-state index contributed by atoms with van der Waals surface area (Å²) in [6.07, 6.45) is 0. The molecular weight excluding hydrogens is 232 g/mol. The Morgan fingerprint density at radius 2 is 2.31 bits per heavy atom. The van der Waals surface area contributed by atoms with Crippen molar-refractivity contribution in [1.29, 1.82) is 0 Å². The molecule has 0 aliphatic heterocycles. The van der Waals surface area contributed by atoms with Crippen LogP contribution in [0.5, 0.6) is 0 Å². The molecule has 0 saturated carbocycles. The number of nitrogens with one attached hydrogen (secondary N) is 1. The van der Waals surface area contributed by atoms with Gasteiger partial charge >= 0.3 is 0 Å². The van der Waals surface area contributed by atoms with Crippen LogP contribution in [0, 0.1) is 0 Å². The molecule has 72 valence electrons. The Morgan fingerprint density at radius 1 is 1.62 bits per heavy atom. The molecule has 0 heterocycles. The Labute approximate surface area is 86.1 Å². The van der Waals surface area contributed by atoms with E-state index in [4.69, 9.17) is 10.8 Å². The van der Waals surface area contributed by atoms with Crippen LogP contribution in [0.4, 0.5) is 11.4 Å². The van der Waals surface area contributed by atoms with Crippen molar-refractivity contribution in [3.8, 4) is 0 Å². The second kappa shape index (κ2) is 4.48. The molecule has 0 amide bonds. The number of anilines is 2. The second-order valence-electron chi connectivity index (χ2n) is 2.96. The molecular formula is C9H13BrN2O. The van der Waals surface area contributed by atoms with Gasteiger partial charge in [0.2, 0.25) is 0 Å². The monoisotopic (exact) mass is 244 g/mol. The van der Waals surface area contributed by atoms with E-state index in [1.165, 1.54) is 0 Å². The Kier molecular flexibility index (Phi) is 3.57. The summed E-state index contributed by atoms with van der Waals surface area (Å²) in [7, 11) is 0. The fraction of sp³-hybridized carbons (Fsp3) is 0.333. The van der Waals surface area contributed by atoms with Crippen molar-refractivity contribution in [2.75, 3.05) is 17.7 Å². The van der Waals surface area contributed by atoms with E-state index >= 15 is 0 Å². The first-order chi connectivity index (χ1) is 6.13. The molecule has 0 spiro atoms. The third-order valence-corrected chi connectivity index (χ3v) is 2.18. The molecule has 1 atom stereocenters. The van der Waals surface area contributed by atoms with Gasteiger partial charge in [0.1, 0.15) is 0 Å². The van der Waals surface area contributed by atoms with Gasteiger partial charge in [-0.3, -0.25) is 0 Å². The number of rotatable bonds is 3. The number of aliphatic hydroxyl groups excluding tert-OH is 1. The normalized spacial score (nSPS) is 12.5. The lowest BCUT2D eigenvalue weighted by Crippen LogP contribution is -2.19. The molecule has 1 aromatic carbocycles. The predicted octanol–water partition coefficient (Wildman–Crippen LogP) is 1.82. The van der Waals surface area contributed by atoms with Crippen LogP contribution < -0.4 is 11.1 Å². The molecule has 0 aromatic heterocycles. The average Bonchev–Trinajstić information content (AvgIpc) is 2.09. The molecule has 0 radical (unpaired) electrons. The van der Waals surface area contributed by atoms with E-state index in [1.807, 2.05) is 25.1 Å². The van der Waals surface area contributed by atoms with Crippen LogP contribution in [-0.2, 0) is 0 Å². The predicted molar refractivity (Wildman–Crippen MR) is 58.7 cm³/mol. The molecule has 4 N–H and O–H groups in total. The van der Waals surface area contributed by atoms with E-state index in [0.29, 0.717) is 5.69 Å². The third kappa shape index (κ3) is 2.90. The van der Waals surface area contributed by atoms with Crippen LogP contribution >= 0.6 is 15.9 Å². The summed E-state index contributed by atoms with van der Waals surface area (Å²) in [5, 5.41) is 11.9. The summed E-state index contributed by atoms with van der Waals surface area (Å²) >= 11 is 3.32. The second-order valence-corrected chi connectivity index (χ2v) is 3.88. The van der Waals surface area contributed by atoms with E-state index in [-0.39, 0.29) is 12.6 Å². The lowest BCUT2D eigenvalue weighted by molar-refractivity contribution is 0.281. The fourth-order valence-electron chi connectivity index (χ4n) is 0.976. The lowest BCUT2D eigenvalue weighted by Gasteiger charge is -2.14. The van der Waals surface area contributed by atoms with Crippen molar-refractivity contribution in [2.24, 2.45) is 0 Å². The number of hydrogen-bond acceptors (Lipinski definition) is 3. The van der Waals surface area contributed by atoms with Gasteiger partial charge in [-0.25, -0.2) is 0 Å². The molecule has 0 aliphatic carbocycles. The highest BCUT2D eigenvalue weighted by Crippen LogP contribution is 2.23. The summed E-state index contributed by atoms with van der Waals surface area (Å²) in [6, 6.07) is 5.63. The summed E-state index contributed by atoms with van der Waals surface area (Å²) in [6.45, 7) is 1.98. The van der Waals surface area contributed by atoms with Crippen molar-refractivity contribution in [3.63, 3.8) is 0 Å². The van der Waals surface area contributed by atoms with Crippen LogP contribution in [0.25, 0.3) is 0 Å². The minimum Gasteiger partial charge on any atom is -0.397 e. The van der Waals surface area contributed by atoms with Gasteiger partial charge in [0.05, 0.1) is 18.0 Å². The Balaban J connectivity index is 2.77. The standard InChI is InChI=1S/C9H13BrN2O/c1-6(5-13)12-9-3-2-7(10)4-8(9)11/h2-4,6,12-13H,5,11H2,1H3/t6-/m0/s1. The van der Waals surface area contributed by atoms with Gasteiger partial charge in [-0.05, 0) is 25.1 Å². The van der Waals surface area contributed by atoms with Gasteiger partial charge in [-0.2, -0.15) is 0 Å². The fourth-order valence-corrected chi connectivity index (χ4v) is 1.35. The zero-order valence-electron chi connectivity index (χ0n) is 7.42. The zero-order valence-corrected chi connectivity index (χ0v) is 9.01. The highest BCUT2D eigenvalue weighted by atomic mass is 79.9. The minimum atomic E-state index is 0.0171. The summed E-state index contributed by atoms with van der Waals surface area (Å²) in [5.41, 5.74) is 7.28. The Morgan fingerprint density at radius 3 is 2.85 bits per heavy atom. The van der Waals surface area contributed by atoms with Crippen LogP contribution in [0.1, 0.15) is 6.92 Å². The third-order valence-electron chi connectivity index (χ3n) is 1.69. The van der Waals surface area contributed by atoms with Crippen LogP contribution in [-0.4, -0.2) is 17.8 Å². The summed E-state index contributed by atoms with van der Waals surface area (Å²) in [4.78, 5) is 0. The largest absolute Gasteiger partial charge is 0.397 e. The molecule has 0 aliphatic rings. The maximum Gasteiger partial charge on any atom is 0.0630 e. The number of halogens is 1. The number of benzene rings is 1. The number of nitrogen functional groups attached to an aromatic ring is 1. The van der Waals surface area contributed by atoms with Crippen molar-refractivity contribution >= 4 is 27.3 Å². The van der Waals surface area contributed by atoms with Crippen molar-refractivity contribution < 1.29 is 5.11 Å². The van der Waals surface area contributed by atoms with Crippen molar-refractivity contribution in [2.45, 2.75) is 13.0 Å². The molecule has 3 nitrogen and oxygen atoms in total. The number of hydrogen-bond donors (Lipinski definition) is 3.